The molecule has 1 aromatic carbocycles. The predicted octanol–water partition coefficient (Wildman–Crippen LogP) is 4.62. The van der Waals surface area contributed by atoms with Gasteiger partial charge in [0.25, 0.3) is 5.91 Å². The van der Waals surface area contributed by atoms with Crippen LogP contribution in [-0.2, 0) is 16.1 Å². The van der Waals surface area contributed by atoms with Crippen molar-refractivity contribution in [2.45, 2.75) is 36.8 Å². The number of ether oxygens (including phenoxy) is 1. The van der Waals surface area contributed by atoms with E-state index in [9.17, 15) is 27.6 Å². The number of thioether (sulfide) groups is 1. The third-order valence-corrected chi connectivity index (χ3v) is 5.31. The quantitative estimate of drug-likeness (QED) is 0.491. The molecule has 0 saturated carbocycles. The van der Waals surface area contributed by atoms with Crippen LogP contribution in [0, 0.1) is 0 Å². The van der Waals surface area contributed by atoms with Crippen LogP contribution in [0.3, 0.4) is 0 Å². The van der Waals surface area contributed by atoms with Crippen molar-refractivity contribution in [1.29, 1.82) is 0 Å². The Morgan fingerprint density at radius 3 is 2.53 bits per heavy atom. The summed E-state index contributed by atoms with van der Waals surface area (Å²) >= 11 is -0.283. The molecular weight excluding hydrogens is 449 g/mol. The van der Waals surface area contributed by atoms with Gasteiger partial charge in [0, 0.05) is 11.1 Å². The molecule has 3 rings (SSSR count). The summed E-state index contributed by atoms with van der Waals surface area (Å²) in [5, 5.41) is 2.54. The van der Waals surface area contributed by atoms with Gasteiger partial charge in [-0.15, -0.1) is 0 Å². The standard InChI is InChI=1S/C20H19F3N4O4S/c1-3-31-18(29)25-16-10-24-9-8-13(16)11-26-12(2)17(28)27(19(26)30)14-4-6-15(7-5-14)32-20(21,22)23/h4-10,12H,3,11H2,1-2H3,(H,25,29). The highest BCUT2D eigenvalue weighted by Crippen LogP contribution is 2.38. The van der Waals surface area contributed by atoms with Gasteiger partial charge in [-0.3, -0.25) is 15.1 Å². The maximum atomic E-state index is 13.0. The van der Waals surface area contributed by atoms with Crippen molar-refractivity contribution < 1.29 is 32.3 Å². The minimum Gasteiger partial charge on any atom is -0.450 e. The molecule has 0 spiro atoms. The van der Waals surface area contributed by atoms with Gasteiger partial charge in [0.15, 0.2) is 0 Å². The van der Waals surface area contributed by atoms with Gasteiger partial charge in [-0.25, -0.2) is 14.5 Å². The van der Waals surface area contributed by atoms with E-state index in [1.54, 1.807) is 19.9 Å². The van der Waals surface area contributed by atoms with Crippen LogP contribution in [0.1, 0.15) is 19.4 Å². The first kappa shape index (κ1) is 23.4. The number of amides is 4. The third-order valence-electron chi connectivity index (χ3n) is 4.57. The molecule has 0 aliphatic carbocycles. The first-order valence-corrected chi connectivity index (χ1v) is 10.3. The second-order valence-corrected chi connectivity index (χ2v) is 7.82. The van der Waals surface area contributed by atoms with Crippen LogP contribution >= 0.6 is 11.8 Å². The molecule has 2 aromatic rings. The molecule has 1 aromatic heterocycles. The van der Waals surface area contributed by atoms with Crippen molar-refractivity contribution in [2.75, 3.05) is 16.8 Å². The third kappa shape index (κ3) is 5.31. The van der Waals surface area contributed by atoms with Gasteiger partial charge in [-0.1, -0.05) is 0 Å². The molecule has 170 valence electrons. The fraction of sp³-hybridized carbons (Fsp3) is 0.300. The molecule has 4 amide bonds. The van der Waals surface area contributed by atoms with Crippen LogP contribution in [0.15, 0.2) is 47.6 Å². The minimum absolute atomic E-state index is 0.00545. The lowest BCUT2D eigenvalue weighted by Crippen LogP contribution is -2.33. The van der Waals surface area contributed by atoms with Crippen LogP contribution in [-0.4, -0.2) is 46.1 Å². The number of hydrogen-bond donors (Lipinski definition) is 1. The van der Waals surface area contributed by atoms with Gasteiger partial charge in [0.05, 0.1) is 30.7 Å². The number of hydrogen-bond acceptors (Lipinski definition) is 6. The van der Waals surface area contributed by atoms with Crippen molar-refractivity contribution in [3.05, 3.63) is 48.3 Å². The Labute approximate surface area is 185 Å². The highest BCUT2D eigenvalue weighted by atomic mass is 32.2. The summed E-state index contributed by atoms with van der Waals surface area (Å²) in [5.41, 5.74) is -3.42. The Hall–Kier alpha value is -3.28. The first-order valence-electron chi connectivity index (χ1n) is 9.47. The number of carbonyl (C=O) groups is 3. The topological polar surface area (TPSA) is 91.8 Å². The van der Waals surface area contributed by atoms with Gasteiger partial charge in [-0.05, 0) is 61.5 Å². The molecule has 32 heavy (non-hydrogen) atoms. The van der Waals surface area contributed by atoms with E-state index in [1.807, 2.05) is 0 Å². The molecule has 1 aliphatic rings. The summed E-state index contributed by atoms with van der Waals surface area (Å²) in [4.78, 5) is 43.6. The van der Waals surface area contributed by atoms with E-state index in [-0.39, 0.29) is 35.5 Å². The summed E-state index contributed by atoms with van der Waals surface area (Å²) in [6.45, 7) is 3.37. The number of benzene rings is 1. The molecule has 12 heteroatoms. The van der Waals surface area contributed by atoms with Crippen LogP contribution in [0.4, 0.5) is 34.1 Å². The second-order valence-electron chi connectivity index (χ2n) is 6.68. The van der Waals surface area contributed by atoms with E-state index in [1.165, 1.54) is 41.6 Å². The largest absolute Gasteiger partial charge is 0.450 e. The fourth-order valence-electron chi connectivity index (χ4n) is 3.08. The number of rotatable bonds is 6. The number of aromatic nitrogens is 1. The minimum atomic E-state index is -4.44. The van der Waals surface area contributed by atoms with Crippen molar-refractivity contribution in [2.24, 2.45) is 0 Å². The van der Waals surface area contributed by atoms with Crippen LogP contribution in [0.2, 0.25) is 0 Å². The van der Waals surface area contributed by atoms with E-state index < -0.39 is 29.6 Å². The van der Waals surface area contributed by atoms with Crippen molar-refractivity contribution in [1.82, 2.24) is 9.88 Å². The van der Waals surface area contributed by atoms with Crippen LogP contribution in [0.5, 0.6) is 0 Å². The highest BCUT2D eigenvalue weighted by Gasteiger charge is 2.43. The Morgan fingerprint density at radius 1 is 1.22 bits per heavy atom. The lowest BCUT2D eigenvalue weighted by Gasteiger charge is -2.21. The molecule has 8 nitrogen and oxygen atoms in total. The molecular formula is C20H19F3N4O4S. The fourth-order valence-corrected chi connectivity index (χ4v) is 3.62. The molecule has 1 fully saturated rings. The number of nitrogens with one attached hydrogen (secondary N) is 1. The van der Waals surface area contributed by atoms with Crippen molar-refractivity contribution in [3.63, 3.8) is 0 Å². The maximum absolute atomic E-state index is 13.0. The van der Waals surface area contributed by atoms with Crippen LogP contribution in [0.25, 0.3) is 0 Å². The Bertz CT molecular complexity index is 1020. The van der Waals surface area contributed by atoms with Gasteiger partial charge in [0.1, 0.15) is 6.04 Å². The summed E-state index contributed by atoms with van der Waals surface area (Å²) in [6.07, 6.45) is 2.19. The zero-order valence-corrected chi connectivity index (χ0v) is 17.9. The van der Waals surface area contributed by atoms with E-state index in [2.05, 4.69) is 10.3 Å². The number of imide groups is 1. The lowest BCUT2D eigenvalue weighted by molar-refractivity contribution is -0.119. The average molecular weight is 468 g/mol. The molecule has 0 radical (unpaired) electrons. The van der Waals surface area contributed by atoms with Gasteiger partial charge in [0.2, 0.25) is 0 Å². The molecule has 1 N–H and O–H groups in total. The Balaban J connectivity index is 1.79. The molecule has 0 bridgehead atoms. The summed E-state index contributed by atoms with van der Waals surface area (Å²) in [6, 6.07) is 5.13. The number of pyridine rings is 1. The Kier molecular flexibility index (Phi) is 6.92. The second kappa shape index (κ2) is 9.47. The lowest BCUT2D eigenvalue weighted by atomic mass is 10.2. The van der Waals surface area contributed by atoms with Crippen molar-refractivity contribution >= 4 is 41.2 Å². The zero-order chi connectivity index (χ0) is 23.5. The number of alkyl halides is 3. The molecule has 2 heterocycles. The van der Waals surface area contributed by atoms with Gasteiger partial charge < -0.3 is 9.64 Å². The molecule has 1 atom stereocenters. The maximum Gasteiger partial charge on any atom is 0.446 e. The van der Waals surface area contributed by atoms with E-state index in [0.29, 0.717) is 11.3 Å². The Morgan fingerprint density at radius 2 is 1.91 bits per heavy atom. The van der Waals surface area contributed by atoms with E-state index >= 15 is 0 Å². The number of carbonyl (C=O) groups excluding carboxylic acids is 3. The molecule has 1 unspecified atom stereocenters. The monoisotopic (exact) mass is 468 g/mol. The smallest absolute Gasteiger partial charge is 0.446 e. The van der Waals surface area contributed by atoms with E-state index in [4.69, 9.17) is 4.74 Å². The molecule has 1 saturated heterocycles. The van der Waals surface area contributed by atoms with E-state index in [0.717, 1.165) is 4.90 Å². The number of urea groups is 1. The highest BCUT2D eigenvalue weighted by molar-refractivity contribution is 8.00. The zero-order valence-electron chi connectivity index (χ0n) is 17.0. The summed E-state index contributed by atoms with van der Waals surface area (Å²) < 4.78 is 42.4. The summed E-state index contributed by atoms with van der Waals surface area (Å²) in [5.74, 6) is -0.514. The van der Waals surface area contributed by atoms with Crippen LogP contribution < -0.4 is 10.2 Å². The number of nitrogens with zero attached hydrogens (tertiary/aromatic N) is 3. The van der Waals surface area contributed by atoms with Crippen molar-refractivity contribution in [3.8, 4) is 0 Å². The molecule has 1 aliphatic heterocycles. The average Bonchev–Trinajstić information content (AvgIpc) is 2.92. The normalized spacial score (nSPS) is 16.5. The SMILES string of the molecule is CCOC(=O)Nc1cnccc1CN1C(=O)N(c2ccc(SC(F)(F)F)cc2)C(=O)C1C. The first-order chi connectivity index (χ1) is 15.1. The number of halogens is 3. The van der Waals surface area contributed by atoms with Gasteiger partial charge >= 0.3 is 17.6 Å². The predicted molar refractivity (Wildman–Crippen MR) is 111 cm³/mol. The number of anilines is 2. The van der Waals surface area contributed by atoms with Gasteiger partial charge in [-0.2, -0.15) is 13.2 Å². The summed E-state index contributed by atoms with van der Waals surface area (Å²) in [7, 11) is 0.